The number of imide groups is 1. The average Bonchev–Trinajstić information content (AvgIpc) is 3.37. The van der Waals surface area contributed by atoms with Gasteiger partial charge in [0.1, 0.15) is 0 Å². The molecule has 1 unspecified atom stereocenters. The van der Waals surface area contributed by atoms with E-state index < -0.39 is 0 Å². The summed E-state index contributed by atoms with van der Waals surface area (Å²) in [5, 5.41) is 6.15. The van der Waals surface area contributed by atoms with Crippen LogP contribution in [0.1, 0.15) is 50.3 Å². The molecule has 0 radical (unpaired) electrons. The van der Waals surface area contributed by atoms with Gasteiger partial charge in [-0.1, -0.05) is 18.2 Å². The second-order valence-electron chi connectivity index (χ2n) is 7.52. The smallest absolute Gasteiger partial charge is 0.261 e. The maximum Gasteiger partial charge on any atom is 0.261 e. The predicted octanol–water partition coefficient (Wildman–Crippen LogP) is 2.69. The third-order valence-corrected chi connectivity index (χ3v) is 5.39. The number of para-hydroxylation sites is 1. The van der Waals surface area contributed by atoms with E-state index in [1.165, 1.54) is 11.0 Å². The lowest BCUT2D eigenvalue weighted by Crippen LogP contribution is -2.36. The van der Waals surface area contributed by atoms with Crippen LogP contribution in [0.15, 0.2) is 48.5 Å². The Morgan fingerprint density at radius 2 is 1.83 bits per heavy atom. The van der Waals surface area contributed by atoms with Gasteiger partial charge in [-0.15, -0.1) is 0 Å². The molecule has 2 heterocycles. The summed E-state index contributed by atoms with van der Waals surface area (Å²) < 4.78 is 5.55. The van der Waals surface area contributed by atoms with Gasteiger partial charge < -0.3 is 15.4 Å². The highest BCUT2D eigenvalue weighted by Crippen LogP contribution is 2.26. The zero-order valence-corrected chi connectivity index (χ0v) is 16.7. The molecule has 30 heavy (non-hydrogen) atoms. The van der Waals surface area contributed by atoms with Crippen molar-refractivity contribution in [1.29, 1.82) is 0 Å². The maximum absolute atomic E-state index is 12.7. The molecule has 4 rings (SSSR count). The standard InChI is InChI=1S/C23H25N3O4/c27-21(25-12-5-11-24-17-6-2-1-3-7-17)16-9-10-19-20(14-16)23(29)26(22(19)28)15-18-8-4-13-30-18/h1-3,6-7,9-10,14,18,24H,4-5,8,11-13,15H2,(H,25,27). The van der Waals surface area contributed by atoms with Crippen molar-refractivity contribution in [3.8, 4) is 0 Å². The molecular formula is C23H25N3O4. The maximum atomic E-state index is 12.7. The van der Waals surface area contributed by atoms with Gasteiger partial charge in [0.05, 0.1) is 23.8 Å². The van der Waals surface area contributed by atoms with Crippen molar-refractivity contribution in [3.05, 3.63) is 65.2 Å². The van der Waals surface area contributed by atoms with Gasteiger partial charge in [0, 0.05) is 30.9 Å². The first-order chi connectivity index (χ1) is 14.6. The first-order valence-electron chi connectivity index (χ1n) is 10.3. The fraction of sp³-hybridized carbons (Fsp3) is 0.348. The number of amides is 3. The Labute approximate surface area is 175 Å². The van der Waals surface area contributed by atoms with Crippen LogP contribution in [0.3, 0.4) is 0 Å². The monoisotopic (exact) mass is 407 g/mol. The van der Waals surface area contributed by atoms with Crippen LogP contribution in [-0.4, -0.2) is 55.0 Å². The Bertz CT molecular complexity index is 939. The molecule has 1 atom stereocenters. The number of hydrogen-bond donors (Lipinski definition) is 2. The number of benzene rings is 2. The normalized spacial score (nSPS) is 17.9. The van der Waals surface area contributed by atoms with E-state index in [0.29, 0.717) is 24.3 Å². The van der Waals surface area contributed by atoms with E-state index in [9.17, 15) is 14.4 Å². The fourth-order valence-corrected chi connectivity index (χ4v) is 3.77. The number of carbonyl (C=O) groups excluding carboxylic acids is 3. The van der Waals surface area contributed by atoms with E-state index in [1.807, 2.05) is 30.3 Å². The van der Waals surface area contributed by atoms with Crippen LogP contribution in [0.4, 0.5) is 5.69 Å². The Kier molecular flexibility index (Phi) is 6.09. The molecule has 0 spiro atoms. The van der Waals surface area contributed by atoms with Gasteiger partial charge in [-0.05, 0) is 49.6 Å². The van der Waals surface area contributed by atoms with Crippen LogP contribution in [0, 0.1) is 0 Å². The molecule has 0 aromatic heterocycles. The van der Waals surface area contributed by atoms with Crippen molar-refractivity contribution >= 4 is 23.4 Å². The second-order valence-corrected chi connectivity index (χ2v) is 7.52. The van der Waals surface area contributed by atoms with Gasteiger partial charge >= 0.3 is 0 Å². The first kappa shape index (κ1) is 20.1. The van der Waals surface area contributed by atoms with Crippen LogP contribution in [0.2, 0.25) is 0 Å². The molecule has 7 heteroatoms. The molecule has 156 valence electrons. The molecular weight excluding hydrogens is 382 g/mol. The van der Waals surface area contributed by atoms with E-state index in [4.69, 9.17) is 4.74 Å². The van der Waals surface area contributed by atoms with Crippen LogP contribution < -0.4 is 10.6 Å². The number of anilines is 1. The number of rotatable bonds is 8. The first-order valence-corrected chi connectivity index (χ1v) is 10.3. The summed E-state index contributed by atoms with van der Waals surface area (Å²) in [6.45, 7) is 2.18. The Balaban J connectivity index is 1.30. The van der Waals surface area contributed by atoms with E-state index >= 15 is 0 Å². The average molecular weight is 407 g/mol. The van der Waals surface area contributed by atoms with Gasteiger partial charge in [0.2, 0.25) is 0 Å². The zero-order valence-electron chi connectivity index (χ0n) is 16.7. The van der Waals surface area contributed by atoms with E-state index in [1.54, 1.807) is 12.1 Å². The van der Waals surface area contributed by atoms with Crippen molar-refractivity contribution in [2.24, 2.45) is 0 Å². The minimum atomic E-state index is -0.354. The molecule has 3 amide bonds. The van der Waals surface area contributed by atoms with Crippen molar-refractivity contribution in [2.45, 2.75) is 25.4 Å². The number of fused-ring (bicyclic) bond motifs is 1. The summed E-state index contributed by atoms with van der Waals surface area (Å²) in [6.07, 6.45) is 2.46. The van der Waals surface area contributed by atoms with Crippen molar-refractivity contribution in [1.82, 2.24) is 10.2 Å². The highest BCUT2D eigenvalue weighted by atomic mass is 16.5. The van der Waals surface area contributed by atoms with E-state index in [-0.39, 0.29) is 35.9 Å². The molecule has 2 aromatic rings. The summed E-state index contributed by atoms with van der Waals surface area (Å²) >= 11 is 0. The molecule has 2 aliphatic heterocycles. The Hall–Kier alpha value is -3.19. The summed E-state index contributed by atoms with van der Waals surface area (Å²) in [5.41, 5.74) is 2.06. The molecule has 2 aromatic carbocycles. The molecule has 0 saturated carbocycles. The summed E-state index contributed by atoms with van der Waals surface area (Å²) in [4.78, 5) is 39.0. The van der Waals surface area contributed by atoms with Crippen molar-refractivity contribution < 1.29 is 19.1 Å². The SMILES string of the molecule is O=C(NCCCNc1ccccc1)c1ccc2c(c1)C(=O)N(CC1CCCO1)C2=O. The molecule has 1 saturated heterocycles. The molecule has 1 fully saturated rings. The highest BCUT2D eigenvalue weighted by molar-refractivity contribution is 6.22. The van der Waals surface area contributed by atoms with E-state index in [2.05, 4.69) is 10.6 Å². The summed E-state index contributed by atoms with van der Waals surface area (Å²) in [7, 11) is 0. The lowest BCUT2D eigenvalue weighted by molar-refractivity contribution is 0.0475. The molecule has 2 aliphatic rings. The number of carbonyl (C=O) groups is 3. The molecule has 2 N–H and O–H groups in total. The van der Waals surface area contributed by atoms with Gasteiger partial charge in [0.15, 0.2) is 0 Å². The molecule has 0 bridgehead atoms. The lowest BCUT2D eigenvalue weighted by Gasteiger charge is -2.17. The minimum absolute atomic E-state index is 0.0977. The van der Waals surface area contributed by atoms with E-state index in [0.717, 1.165) is 31.5 Å². The summed E-state index contributed by atoms with van der Waals surface area (Å²) in [6, 6.07) is 14.5. The van der Waals surface area contributed by atoms with Gasteiger partial charge in [0.25, 0.3) is 17.7 Å². The number of hydrogen-bond acceptors (Lipinski definition) is 5. The topological polar surface area (TPSA) is 87.7 Å². The predicted molar refractivity (Wildman–Crippen MR) is 113 cm³/mol. The quantitative estimate of drug-likeness (QED) is 0.519. The Morgan fingerprint density at radius 1 is 1.03 bits per heavy atom. The largest absolute Gasteiger partial charge is 0.385 e. The number of nitrogens with zero attached hydrogens (tertiary/aromatic N) is 1. The lowest BCUT2D eigenvalue weighted by atomic mass is 10.1. The Morgan fingerprint density at radius 3 is 2.60 bits per heavy atom. The van der Waals surface area contributed by atoms with Gasteiger partial charge in [-0.25, -0.2) is 0 Å². The number of ether oxygens (including phenoxy) is 1. The van der Waals surface area contributed by atoms with Gasteiger partial charge in [-0.2, -0.15) is 0 Å². The van der Waals surface area contributed by atoms with Crippen LogP contribution in [0.25, 0.3) is 0 Å². The van der Waals surface area contributed by atoms with Crippen LogP contribution >= 0.6 is 0 Å². The fourth-order valence-electron chi connectivity index (χ4n) is 3.77. The zero-order chi connectivity index (χ0) is 20.9. The van der Waals surface area contributed by atoms with Crippen molar-refractivity contribution in [3.63, 3.8) is 0 Å². The third-order valence-electron chi connectivity index (χ3n) is 5.39. The third kappa shape index (κ3) is 4.36. The van der Waals surface area contributed by atoms with Crippen LogP contribution in [-0.2, 0) is 4.74 Å². The molecule has 7 nitrogen and oxygen atoms in total. The summed E-state index contributed by atoms with van der Waals surface area (Å²) in [5.74, 6) is -0.924. The number of nitrogens with one attached hydrogen (secondary N) is 2. The highest BCUT2D eigenvalue weighted by Gasteiger charge is 2.37. The molecule has 0 aliphatic carbocycles. The van der Waals surface area contributed by atoms with Crippen molar-refractivity contribution in [2.75, 3.05) is 31.6 Å². The van der Waals surface area contributed by atoms with Crippen LogP contribution in [0.5, 0.6) is 0 Å². The minimum Gasteiger partial charge on any atom is -0.385 e. The van der Waals surface area contributed by atoms with Gasteiger partial charge in [-0.3, -0.25) is 19.3 Å². The second kappa shape index (κ2) is 9.09.